The van der Waals surface area contributed by atoms with Crippen molar-refractivity contribution in [2.24, 2.45) is 0 Å². The van der Waals surface area contributed by atoms with Crippen molar-refractivity contribution in [3.8, 4) is 5.75 Å². The van der Waals surface area contributed by atoms with Crippen molar-refractivity contribution >= 4 is 67.8 Å². The SMILES string of the molecule is CC(C)(C)c1cc(C(I)(I)I)cc(C(C)(C)C)c1O. The first-order valence-corrected chi connectivity index (χ1v) is 9.43. The van der Waals surface area contributed by atoms with Crippen molar-refractivity contribution in [1.82, 2.24) is 0 Å². The van der Waals surface area contributed by atoms with E-state index >= 15 is 0 Å². The molecule has 0 aromatic heterocycles. The van der Waals surface area contributed by atoms with Crippen molar-refractivity contribution < 1.29 is 5.11 Å². The second-order valence-electron chi connectivity index (χ2n) is 6.92. The van der Waals surface area contributed by atoms with Crippen LogP contribution in [0, 0.1) is 0 Å². The summed E-state index contributed by atoms with van der Waals surface area (Å²) in [7, 11) is 0. The van der Waals surface area contributed by atoms with E-state index in [0.29, 0.717) is 5.75 Å². The summed E-state index contributed by atoms with van der Waals surface area (Å²) in [5.74, 6) is 0.456. The first kappa shape index (κ1) is 18.3. The Kier molecular flexibility index (Phi) is 5.55. The van der Waals surface area contributed by atoms with E-state index in [1.165, 1.54) is 5.56 Å². The van der Waals surface area contributed by atoms with E-state index in [2.05, 4.69) is 121 Å². The summed E-state index contributed by atoms with van der Waals surface area (Å²) in [4.78, 5) is 0. The molecule has 1 aromatic carbocycles. The molecule has 0 aliphatic rings. The fourth-order valence-electron chi connectivity index (χ4n) is 1.94. The highest BCUT2D eigenvalue weighted by molar-refractivity contribution is 14.3. The molecule has 4 heteroatoms. The Labute approximate surface area is 157 Å². The van der Waals surface area contributed by atoms with Gasteiger partial charge in [0.2, 0.25) is 0 Å². The van der Waals surface area contributed by atoms with Crippen LogP contribution in [0.25, 0.3) is 0 Å². The van der Waals surface area contributed by atoms with Crippen LogP contribution in [0.1, 0.15) is 58.2 Å². The van der Waals surface area contributed by atoms with Crippen molar-refractivity contribution in [3.63, 3.8) is 0 Å². The Morgan fingerprint density at radius 3 is 1.32 bits per heavy atom. The molecular formula is C15H21I3O. The molecule has 0 bridgehead atoms. The number of phenols is 1. The zero-order valence-corrected chi connectivity index (χ0v) is 18.7. The number of rotatable bonds is 1. The molecule has 1 nitrogen and oxygen atoms in total. The van der Waals surface area contributed by atoms with E-state index in [4.69, 9.17) is 0 Å². The van der Waals surface area contributed by atoms with Crippen LogP contribution in [0.15, 0.2) is 12.1 Å². The molecule has 19 heavy (non-hydrogen) atoms. The fraction of sp³-hybridized carbons (Fsp3) is 0.600. The largest absolute Gasteiger partial charge is 0.507 e. The quantitative estimate of drug-likeness (QED) is 0.293. The first-order chi connectivity index (χ1) is 8.24. The maximum Gasteiger partial charge on any atom is 0.149 e. The second-order valence-corrected chi connectivity index (χ2v) is 18.0. The highest BCUT2D eigenvalue weighted by Crippen LogP contribution is 2.50. The summed E-state index contributed by atoms with van der Waals surface area (Å²) in [6.45, 7) is 12.9. The van der Waals surface area contributed by atoms with Gasteiger partial charge in [0.25, 0.3) is 0 Å². The van der Waals surface area contributed by atoms with E-state index in [-0.39, 0.29) is 10.3 Å². The number of benzene rings is 1. The van der Waals surface area contributed by atoms with Crippen LogP contribution in [-0.4, -0.2) is 5.11 Å². The minimum Gasteiger partial charge on any atom is -0.507 e. The summed E-state index contributed by atoms with van der Waals surface area (Å²) in [5, 5.41) is 10.6. The van der Waals surface area contributed by atoms with Gasteiger partial charge < -0.3 is 5.11 Å². The van der Waals surface area contributed by atoms with Gasteiger partial charge in [0.15, 0.2) is 0 Å². The predicted octanol–water partition coefficient (Wildman–Crippen LogP) is 6.40. The molecule has 0 aliphatic carbocycles. The highest BCUT2D eigenvalue weighted by atomic mass is 127. The second kappa shape index (κ2) is 5.78. The van der Waals surface area contributed by atoms with Gasteiger partial charge in [-0.05, 0) is 107 Å². The lowest BCUT2D eigenvalue weighted by molar-refractivity contribution is 0.423. The van der Waals surface area contributed by atoms with E-state index in [1.807, 2.05) is 0 Å². The van der Waals surface area contributed by atoms with Crippen molar-refractivity contribution in [2.45, 2.75) is 51.8 Å². The zero-order chi connectivity index (χ0) is 15.2. The zero-order valence-electron chi connectivity index (χ0n) is 12.2. The molecule has 0 heterocycles. The smallest absolute Gasteiger partial charge is 0.149 e. The average molecular weight is 598 g/mol. The minimum absolute atomic E-state index is 0.000972. The number of aromatic hydroxyl groups is 1. The molecule has 0 spiro atoms. The normalized spacial score (nSPS) is 13.7. The Morgan fingerprint density at radius 1 is 0.789 bits per heavy atom. The lowest BCUT2D eigenvalue weighted by Crippen LogP contribution is -2.19. The topological polar surface area (TPSA) is 20.2 Å². The molecule has 0 radical (unpaired) electrons. The van der Waals surface area contributed by atoms with Gasteiger partial charge in [-0.3, -0.25) is 0 Å². The van der Waals surface area contributed by atoms with Crippen molar-refractivity contribution in [2.75, 3.05) is 0 Å². The summed E-state index contributed by atoms with van der Waals surface area (Å²) in [5.41, 5.74) is 3.19. The highest BCUT2D eigenvalue weighted by Gasteiger charge is 2.30. The summed E-state index contributed by atoms with van der Waals surface area (Å²) < 4.78 is 0.000972. The number of alkyl halides is 3. The summed E-state index contributed by atoms with van der Waals surface area (Å²) in [6.07, 6.45) is 0. The molecule has 0 unspecified atom stereocenters. The molecule has 1 rings (SSSR count). The first-order valence-electron chi connectivity index (χ1n) is 6.20. The summed E-state index contributed by atoms with van der Waals surface area (Å²) >= 11 is 7.31. The average Bonchev–Trinajstić information content (AvgIpc) is 2.11. The van der Waals surface area contributed by atoms with E-state index in [1.54, 1.807) is 0 Å². The molecule has 0 atom stereocenters. The molecular weight excluding hydrogens is 577 g/mol. The lowest BCUT2D eigenvalue weighted by atomic mass is 9.78. The Morgan fingerprint density at radius 2 is 1.11 bits per heavy atom. The number of hydrogen-bond donors (Lipinski definition) is 1. The minimum atomic E-state index is -0.0603. The van der Waals surface area contributed by atoms with Crippen LogP contribution in [0.3, 0.4) is 0 Å². The van der Waals surface area contributed by atoms with Gasteiger partial charge in [0.1, 0.15) is 5.18 Å². The van der Waals surface area contributed by atoms with Crippen LogP contribution < -0.4 is 0 Å². The Bertz CT molecular complexity index is 439. The molecule has 0 saturated heterocycles. The third kappa shape index (κ3) is 4.59. The molecule has 1 N–H and O–H groups in total. The van der Waals surface area contributed by atoms with E-state index in [9.17, 15) is 5.11 Å². The van der Waals surface area contributed by atoms with E-state index in [0.717, 1.165) is 11.1 Å². The van der Waals surface area contributed by atoms with Crippen LogP contribution in [0.2, 0.25) is 0 Å². The van der Waals surface area contributed by atoms with Crippen LogP contribution in [-0.2, 0) is 10.3 Å². The summed E-state index contributed by atoms with van der Waals surface area (Å²) in [6, 6.07) is 4.30. The van der Waals surface area contributed by atoms with Gasteiger partial charge >= 0.3 is 0 Å². The van der Waals surface area contributed by atoms with Gasteiger partial charge in [0, 0.05) is 0 Å². The number of halogens is 3. The maximum absolute atomic E-state index is 10.6. The molecule has 1 aromatic rings. The van der Waals surface area contributed by atoms with Crippen molar-refractivity contribution in [1.29, 1.82) is 0 Å². The van der Waals surface area contributed by atoms with Crippen LogP contribution >= 0.6 is 67.8 Å². The number of phenolic OH excluding ortho intramolecular Hbond substituents is 1. The number of hydrogen-bond acceptors (Lipinski definition) is 1. The predicted molar refractivity (Wildman–Crippen MR) is 109 cm³/mol. The molecule has 0 aliphatic heterocycles. The molecule has 0 saturated carbocycles. The van der Waals surface area contributed by atoms with Crippen LogP contribution in [0.5, 0.6) is 5.75 Å². The Hall–Kier alpha value is 1.21. The van der Waals surface area contributed by atoms with Gasteiger partial charge in [-0.2, -0.15) is 0 Å². The third-order valence-electron chi connectivity index (χ3n) is 3.05. The van der Waals surface area contributed by atoms with Crippen molar-refractivity contribution in [3.05, 3.63) is 28.8 Å². The van der Waals surface area contributed by atoms with Crippen LogP contribution in [0.4, 0.5) is 0 Å². The fourth-order valence-corrected chi connectivity index (χ4v) is 2.88. The molecule has 0 amide bonds. The van der Waals surface area contributed by atoms with E-state index < -0.39 is 0 Å². The lowest BCUT2D eigenvalue weighted by Gasteiger charge is -2.29. The maximum atomic E-state index is 10.6. The monoisotopic (exact) mass is 598 g/mol. The standard InChI is InChI=1S/C15H21I3O/c1-13(2,3)10-7-9(15(16,17)18)8-11(12(10)19)14(4,5)6/h7-8,19H,1-6H3. The Balaban J connectivity index is 3.68. The third-order valence-corrected chi connectivity index (χ3v) is 4.92. The van der Waals surface area contributed by atoms with Gasteiger partial charge in [0.05, 0.1) is 0 Å². The van der Waals surface area contributed by atoms with Gasteiger partial charge in [-0.15, -0.1) is 0 Å². The molecule has 108 valence electrons. The van der Waals surface area contributed by atoms with Gasteiger partial charge in [-0.1, -0.05) is 41.5 Å². The van der Waals surface area contributed by atoms with Gasteiger partial charge in [-0.25, -0.2) is 0 Å². The molecule has 0 fully saturated rings.